The van der Waals surface area contributed by atoms with Crippen LogP contribution in [0.3, 0.4) is 0 Å². The van der Waals surface area contributed by atoms with Crippen LogP contribution in [-0.4, -0.2) is 32.7 Å². The van der Waals surface area contributed by atoms with E-state index in [1.54, 1.807) is 0 Å². The third-order valence-corrected chi connectivity index (χ3v) is 14.4. The maximum absolute atomic E-state index is 10.6. The van der Waals surface area contributed by atoms with Gasteiger partial charge in [-0.2, -0.15) is 0 Å². The first-order chi connectivity index (χ1) is 17.4. The Morgan fingerprint density at radius 2 is 1.78 bits per heavy atom. The molecule has 36 heavy (non-hydrogen) atoms. The molecule has 0 aliphatic heterocycles. The molecule has 0 spiro atoms. The number of aliphatic hydroxyl groups excluding tert-OH is 1. The van der Waals surface area contributed by atoms with Gasteiger partial charge in [-0.3, -0.25) is 0 Å². The van der Waals surface area contributed by atoms with Crippen LogP contribution in [0.2, 0.25) is 18.1 Å². The van der Waals surface area contributed by atoms with Crippen LogP contribution in [-0.2, 0) is 15.8 Å². The van der Waals surface area contributed by atoms with E-state index in [4.69, 9.17) is 9.16 Å². The van der Waals surface area contributed by atoms with Crippen molar-refractivity contribution >= 4 is 8.32 Å². The van der Waals surface area contributed by atoms with Crippen LogP contribution in [0.1, 0.15) is 85.1 Å². The van der Waals surface area contributed by atoms with Gasteiger partial charge >= 0.3 is 0 Å². The first kappa shape index (κ1) is 29.6. The summed E-state index contributed by atoms with van der Waals surface area (Å²) in [5.41, 5.74) is 1.44. The van der Waals surface area contributed by atoms with Gasteiger partial charge in [0.1, 0.15) is 0 Å². The fourth-order valence-corrected chi connectivity index (χ4v) is 9.94. The second kappa shape index (κ2) is 14.3. The molecule has 0 saturated heterocycles. The molecule has 1 saturated carbocycles. The lowest BCUT2D eigenvalue weighted by Crippen LogP contribution is -2.47. The van der Waals surface area contributed by atoms with E-state index >= 15 is 0 Å². The minimum atomic E-state index is -1.65. The number of hydrogen-bond acceptors (Lipinski definition) is 3. The summed E-state index contributed by atoms with van der Waals surface area (Å²) in [4.78, 5) is 0. The lowest BCUT2D eigenvalue weighted by atomic mass is 9.63. The molecule has 0 amide bonds. The number of benzene rings is 1. The van der Waals surface area contributed by atoms with Crippen molar-refractivity contribution in [1.82, 2.24) is 0 Å². The van der Waals surface area contributed by atoms with E-state index in [0.29, 0.717) is 30.5 Å². The maximum atomic E-state index is 10.6. The molecule has 3 rings (SSSR count). The van der Waals surface area contributed by atoms with Crippen LogP contribution in [0.15, 0.2) is 42.5 Å². The molecule has 0 heterocycles. The van der Waals surface area contributed by atoms with E-state index in [0.717, 1.165) is 32.0 Å². The van der Waals surface area contributed by atoms with Gasteiger partial charge in [-0.25, -0.2) is 0 Å². The SMILES string of the molecule is CC[Si](CC)(CC)O[C@H]1CC[C@]2(C)C=C[C@@H](CC[C@@H](C)CCCCOCc3ccccc3)[C@@H](CO)[C@H]12. The normalized spacial score (nSPS) is 28.8. The zero-order valence-electron chi connectivity index (χ0n) is 23.9. The summed E-state index contributed by atoms with van der Waals surface area (Å²) in [7, 11) is -1.65. The van der Waals surface area contributed by atoms with Crippen molar-refractivity contribution in [1.29, 1.82) is 0 Å². The van der Waals surface area contributed by atoms with E-state index in [1.165, 1.54) is 55.8 Å². The smallest absolute Gasteiger partial charge is 0.192 e. The highest BCUT2D eigenvalue weighted by Gasteiger charge is 2.53. The number of aliphatic hydroxyl groups is 1. The van der Waals surface area contributed by atoms with Gasteiger partial charge in [0.15, 0.2) is 8.32 Å². The first-order valence-corrected chi connectivity index (χ1v) is 17.5. The molecule has 2 aliphatic rings. The molecule has 0 bridgehead atoms. The molecular weight excluding hydrogens is 460 g/mol. The number of fused-ring (bicyclic) bond motifs is 1. The van der Waals surface area contributed by atoms with Crippen molar-refractivity contribution in [2.45, 2.75) is 110 Å². The highest BCUT2D eigenvalue weighted by Crippen LogP contribution is 2.55. The maximum Gasteiger partial charge on any atom is 0.192 e. The minimum absolute atomic E-state index is 0.190. The standard InChI is InChI=1S/C32H54O3Si/c1-6-36(7-2,8-3)35-30-20-22-32(5)21-19-28(29(24-33)31(30)32)18-17-26(4)14-12-13-23-34-25-27-15-10-9-11-16-27/h9-11,15-16,19,21,26,28-31,33H,6-8,12-14,17-18,20,22-25H2,1-5H3/t26-,28+,29+,30-,31+,32-/m0/s1. The summed E-state index contributed by atoms with van der Waals surface area (Å²) in [5.74, 6) is 2.00. The van der Waals surface area contributed by atoms with E-state index in [9.17, 15) is 5.11 Å². The fraction of sp³-hybridized carbons (Fsp3) is 0.750. The van der Waals surface area contributed by atoms with Crippen LogP contribution in [0.5, 0.6) is 0 Å². The third kappa shape index (κ3) is 7.55. The van der Waals surface area contributed by atoms with Gasteiger partial charge in [0, 0.05) is 19.3 Å². The Labute approximate surface area is 223 Å². The Kier molecular flexibility index (Phi) is 11.7. The van der Waals surface area contributed by atoms with Crippen molar-refractivity contribution < 1.29 is 14.3 Å². The molecule has 0 unspecified atom stereocenters. The summed E-state index contributed by atoms with van der Waals surface area (Å²) in [6, 6.07) is 14.1. The van der Waals surface area contributed by atoms with Gasteiger partial charge in [-0.1, -0.05) is 96.4 Å². The quantitative estimate of drug-likeness (QED) is 0.137. The second-order valence-electron chi connectivity index (χ2n) is 12.1. The molecular formula is C32H54O3Si. The summed E-state index contributed by atoms with van der Waals surface area (Å²) in [6.45, 7) is 13.7. The molecule has 1 aromatic rings. The summed E-state index contributed by atoms with van der Waals surface area (Å²) < 4.78 is 12.9. The molecule has 1 aromatic carbocycles. The van der Waals surface area contributed by atoms with Crippen LogP contribution in [0.25, 0.3) is 0 Å². The molecule has 204 valence electrons. The van der Waals surface area contributed by atoms with E-state index < -0.39 is 8.32 Å². The van der Waals surface area contributed by atoms with Crippen molar-refractivity contribution in [3.63, 3.8) is 0 Å². The molecule has 6 atom stereocenters. The number of ether oxygens (including phenoxy) is 1. The van der Waals surface area contributed by atoms with Crippen LogP contribution >= 0.6 is 0 Å². The Balaban J connectivity index is 1.46. The monoisotopic (exact) mass is 514 g/mol. The summed E-state index contributed by atoms with van der Waals surface area (Å²) in [5, 5.41) is 10.6. The Morgan fingerprint density at radius 1 is 1.06 bits per heavy atom. The summed E-state index contributed by atoms with van der Waals surface area (Å²) in [6.07, 6.45) is 13.7. The van der Waals surface area contributed by atoms with E-state index in [1.807, 2.05) is 6.07 Å². The zero-order chi connectivity index (χ0) is 26.0. The van der Waals surface area contributed by atoms with Gasteiger partial charge in [-0.05, 0) is 78.5 Å². The van der Waals surface area contributed by atoms with Crippen molar-refractivity contribution in [3.8, 4) is 0 Å². The molecule has 2 aliphatic carbocycles. The number of hydrogen-bond donors (Lipinski definition) is 1. The van der Waals surface area contributed by atoms with Crippen molar-refractivity contribution in [3.05, 3.63) is 48.0 Å². The Bertz CT molecular complexity index is 769. The van der Waals surface area contributed by atoms with Crippen molar-refractivity contribution in [2.24, 2.45) is 29.1 Å². The van der Waals surface area contributed by atoms with Crippen LogP contribution in [0, 0.1) is 29.1 Å². The highest BCUT2D eigenvalue weighted by atomic mass is 28.4. The van der Waals surface area contributed by atoms with Gasteiger partial charge in [-0.15, -0.1) is 0 Å². The topological polar surface area (TPSA) is 38.7 Å². The van der Waals surface area contributed by atoms with Crippen LogP contribution in [0.4, 0.5) is 0 Å². The van der Waals surface area contributed by atoms with Crippen molar-refractivity contribution in [2.75, 3.05) is 13.2 Å². The number of unbranched alkanes of at least 4 members (excludes halogenated alkanes) is 1. The number of allylic oxidation sites excluding steroid dienone is 2. The molecule has 1 fully saturated rings. The van der Waals surface area contributed by atoms with E-state index in [-0.39, 0.29) is 5.41 Å². The lowest BCUT2D eigenvalue weighted by Gasteiger charge is -2.46. The predicted octanol–water partition coefficient (Wildman–Crippen LogP) is 8.39. The second-order valence-corrected chi connectivity index (χ2v) is 16.8. The molecule has 0 radical (unpaired) electrons. The van der Waals surface area contributed by atoms with Gasteiger partial charge < -0.3 is 14.3 Å². The highest BCUT2D eigenvalue weighted by molar-refractivity contribution is 6.73. The molecule has 4 heteroatoms. The van der Waals surface area contributed by atoms with E-state index in [2.05, 4.69) is 71.0 Å². The average molecular weight is 515 g/mol. The molecule has 3 nitrogen and oxygen atoms in total. The van der Waals surface area contributed by atoms with Crippen LogP contribution < -0.4 is 0 Å². The Morgan fingerprint density at radius 3 is 2.44 bits per heavy atom. The zero-order valence-corrected chi connectivity index (χ0v) is 24.9. The van der Waals surface area contributed by atoms with Gasteiger partial charge in [0.2, 0.25) is 0 Å². The average Bonchev–Trinajstić information content (AvgIpc) is 3.24. The Hall–Kier alpha value is -0.943. The number of rotatable bonds is 16. The minimum Gasteiger partial charge on any atom is -0.414 e. The third-order valence-electron chi connectivity index (χ3n) is 9.75. The predicted molar refractivity (Wildman–Crippen MR) is 154 cm³/mol. The molecule has 1 N–H and O–H groups in total. The molecule has 0 aromatic heterocycles. The largest absolute Gasteiger partial charge is 0.414 e. The fourth-order valence-electron chi connectivity index (χ4n) is 7.03. The van der Waals surface area contributed by atoms with Gasteiger partial charge in [0.05, 0.1) is 6.61 Å². The summed E-state index contributed by atoms with van der Waals surface area (Å²) >= 11 is 0. The van der Waals surface area contributed by atoms with Gasteiger partial charge in [0.25, 0.3) is 0 Å². The first-order valence-electron chi connectivity index (χ1n) is 15.0. The lowest BCUT2D eigenvalue weighted by molar-refractivity contribution is 0.0125.